The molecule has 2 unspecified atom stereocenters. The summed E-state index contributed by atoms with van der Waals surface area (Å²) in [7, 11) is 1.45. The summed E-state index contributed by atoms with van der Waals surface area (Å²) in [6.07, 6.45) is -3.44. The Labute approximate surface area is 104 Å². The molecule has 1 aliphatic carbocycles. The first-order valence-electron chi connectivity index (χ1n) is 5.47. The predicted octanol–water partition coefficient (Wildman–Crippen LogP) is 3.70. The van der Waals surface area contributed by atoms with Gasteiger partial charge in [0, 0.05) is 10.7 Å². The molecule has 0 N–H and O–H groups in total. The third kappa shape index (κ3) is 3.28. The highest BCUT2D eigenvalue weighted by Gasteiger charge is 2.48. The van der Waals surface area contributed by atoms with Gasteiger partial charge in [0.05, 0.1) is 10.7 Å². The SMILES string of the molecule is CC(C)(C1CCCC(C(F)(F)F)C1)S(=O)(=O)Cl. The Bertz CT molecular complexity index is 376. The van der Waals surface area contributed by atoms with Crippen molar-refractivity contribution in [2.45, 2.75) is 50.5 Å². The van der Waals surface area contributed by atoms with Gasteiger partial charge >= 0.3 is 6.18 Å². The van der Waals surface area contributed by atoms with E-state index in [0.29, 0.717) is 12.8 Å². The van der Waals surface area contributed by atoms with E-state index >= 15 is 0 Å². The molecule has 1 aliphatic rings. The molecule has 0 aromatic rings. The van der Waals surface area contributed by atoms with Gasteiger partial charge in [0.1, 0.15) is 0 Å². The molecule has 0 bridgehead atoms. The number of halogens is 4. The van der Waals surface area contributed by atoms with Gasteiger partial charge in [-0.3, -0.25) is 0 Å². The summed E-state index contributed by atoms with van der Waals surface area (Å²) in [5.74, 6) is -1.94. The first-order valence-corrected chi connectivity index (χ1v) is 7.78. The molecule has 1 fully saturated rings. The normalized spacial score (nSPS) is 28.1. The molecule has 102 valence electrons. The molecule has 0 spiro atoms. The van der Waals surface area contributed by atoms with Gasteiger partial charge in [-0.1, -0.05) is 6.42 Å². The highest BCUT2D eigenvalue weighted by molar-refractivity contribution is 8.14. The van der Waals surface area contributed by atoms with Gasteiger partial charge in [0.2, 0.25) is 9.05 Å². The Hall–Kier alpha value is 0.0300. The fraction of sp³-hybridized carbons (Fsp3) is 1.00. The smallest absolute Gasteiger partial charge is 0.212 e. The molecule has 0 radical (unpaired) electrons. The number of hydrogen-bond acceptors (Lipinski definition) is 2. The fourth-order valence-electron chi connectivity index (χ4n) is 2.32. The monoisotopic (exact) mass is 292 g/mol. The number of alkyl halides is 3. The highest BCUT2D eigenvalue weighted by Crippen LogP contribution is 2.45. The average Bonchev–Trinajstić information content (AvgIpc) is 2.15. The topological polar surface area (TPSA) is 34.1 Å². The molecule has 17 heavy (non-hydrogen) atoms. The van der Waals surface area contributed by atoms with Gasteiger partial charge in [-0.2, -0.15) is 13.2 Å². The molecule has 0 aromatic heterocycles. The molecular formula is C10H16ClF3O2S. The van der Waals surface area contributed by atoms with E-state index in [4.69, 9.17) is 10.7 Å². The Kier molecular flexibility index (Phi) is 4.09. The van der Waals surface area contributed by atoms with Crippen LogP contribution in [0.1, 0.15) is 39.5 Å². The Morgan fingerprint density at radius 2 is 1.59 bits per heavy atom. The molecule has 0 aromatic carbocycles. The van der Waals surface area contributed by atoms with Gasteiger partial charge in [0.25, 0.3) is 0 Å². The van der Waals surface area contributed by atoms with Crippen LogP contribution in [0.2, 0.25) is 0 Å². The largest absolute Gasteiger partial charge is 0.391 e. The van der Waals surface area contributed by atoms with Crippen LogP contribution in [0.5, 0.6) is 0 Å². The minimum absolute atomic E-state index is 0.0818. The third-order valence-electron chi connectivity index (χ3n) is 3.75. The van der Waals surface area contributed by atoms with Gasteiger partial charge in [-0.25, -0.2) is 8.42 Å². The summed E-state index contributed by atoms with van der Waals surface area (Å²) >= 11 is 0. The number of rotatable bonds is 2. The van der Waals surface area contributed by atoms with Crippen molar-refractivity contribution in [3.8, 4) is 0 Å². The molecule has 2 atom stereocenters. The maximum absolute atomic E-state index is 12.6. The van der Waals surface area contributed by atoms with Crippen LogP contribution >= 0.6 is 10.7 Å². The maximum atomic E-state index is 12.6. The first kappa shape index (κ1) is 15.1. The second-order valence-corrected chi connectivity index (χ2v) is 8.29. The summed E-state index contributed by atoms with van der Waals surface area (Å²) in [5, 5.41) is 0. The van der Waals surface area contributed by atoms with Gasteiger partial charge in [-0.15, -0.1) is 0 Å². The molecular weight excluding hydrogens is 277 g/mol. The summed E-state index contributed by atoms with van der Waals surface area (Å²) in [6, 6.07) is 0. The lowest BCUT2D eigenvalue weighted by molar-refractivity contribution is -0.186. The van der Waals surface area contributed by atoms with Crippen LogP contribution in [0.25, 0.3) is 0 Å². The van der Waals surface area contributed by atoms with Crippen LogP contribution in [0.4, 0.5) is 13.2 Å². The highest BCUT2D eigenvalue weighted by atomic mass is 35.7. The van der Waals surface area contributed by atoms with E-state index < -0.39 is 31.8 Å². The van der Waals surface area contributed by atoms with Crippen molar-refractivity contribution in [1.29, 1.82) is 0 Å². The molecule has 0 aliphatic heterocycles. The molecule has 1 saturated carbocycles. The van der Waals surface area contributed by atoms with Crippen molar-refractivity contribution in [2.75, 3.05) is 0 Å². The summed E-state index contributed by atoms with van der Waals surface area (Å²) in [5.41, 5.74) is 0. The van der Waals surface area contributed by atoms with Crippen LogP contribution in [0, 0.1) is 11.8 Å². The quantitative estimate of drug-likeness (QED) is 0.727. The van der Waals surface area contributed by atoms with E-state index in [9.17, 15) is 21.6 Å². The van der Waals surface area contributed by atoms with Crippen LogP contribution in [0.3, 0.4) is 0 Å². The second-order valence-electron chi connectivity index (χ2n) is 5.14. The van der Waals surface area contributed by atoms with E-state index in [2.05, 4.69) is 0 Å². The summed E-state index contributed by atoms with van der Waals surface area (Å²) < 4.78 is 59.3. The number of hydrogen-bond donors (Lipinski definition) is 0. The van der Waals surface area contributed by atoms with E-state index in [-0.39, 0.29) is 12.8 Å². The van der Waals surface area contributed by atoms with E-state index in [1.54, 1.807) is 0 Å². The van der Waals surface area contributed by atoms with Crippen molar-refractivity contribution in [3.63, 3.8) is 0 Å². The zero-order chi connectivity index (χ0) is 13.5. The third-order valence-corrected chi connectivity index (χ3v) is 6.53. The Morgan fingerprint density at radius 1 is 1.12 bits per heavy atom. The zero-order valence-corrected chi connectivity index (χ0v) is 11.3. The summed E-state index contributed by atoms with van der Waals surface area (Å²) in [4.78, 5) is 0. The van der Waals surface area contributed by atoms with E-state index in [1.807, 2.05) is 0 Å². The Morgan fingerprint density at radius 3 is 2.00 bits per heavy atom. The van der Waals surface area contributed by atoms with Crippen molar-refractivity contribution < 1.29 is 21.6 Å². The van der Waals surface area contributed by atoms with E-state index in [1.165, 1.54) is 13.8 Å². The maximum Gasteiger partial charge on any atom is 0.391 e. The minimum Gasteiger partial charge on any atom is -0.212 e. The van der Waals surface area contributed by atoms with Gasteiger partial charge in [-0.05, 0) is 39.0 Å². The van der Waals surface area contributed by atoms with Gasteiger partial charge in [0.15, 0.2) is 0 Å². The van der Waals surface area contributed by atoms with Crippen molar-refractivity contribution in [1.82, 2.24) is 0 Å². The first-order chi connectivity index (χ1) is 7.46. The van der Waals surface area contributed by atoms with Crippen LogP contribution in [-0.4, -0.2) is 19.3 Å². The van der Waals surface area contributed by atoms with Crippen molar-refractivity contribution in [3.05, 3.63) is 0 Å². The minimum atomic E-state index is -4.25. The van der Waals surface area contributed by atoms with E-state index in [0.717, 1.165) is 0 Å². The molecule has 0 amide bonds. The summed E-state index contributed by atoms with van der Waals surface area (Å²) in [6.45, 7) is 2.80. The van der Waals surface area contributed by atoms with Crippen LogP contribution < -0.4 is 0 Å². The lowest BCUT2D eigenvalue weighted by Gasteiger charge is -2.38. The van der Waals surface area contributed by atoms with Crippen LogP contribution in [0.15, 0.2) is 0 Å². The lowest BCUT2D eigenvalue weighted by atomic mass is 9.75. The second kappa shape index (κ2) is 4.61. The molecule has 0 saturated heterocycles. The Balaban J connectivity index is 2.88. The fourth-order valence-corrected chi connectivity index (χ4v) is 3.31. The average molecular weight is 293 g/mol. The predicted molar refractivity (Wildman–Crippen MR) is 60.4 cm³/mol. The van der Waals surface area contributed by atoms with Crippen molar-refractivity contribution in [2.24, 2.45) is 11.8 Å². The zero-order valence-electron chi connectivity index (χ0n) is 9.72. The van der Waals surface area contributed by atoms with Gasteiger partial charge < -0.3 is 0 Å². The molecule has 7 heteroatoms. The standard InChI is InChI=1S/C10H16ClF3O2S/c1-9(2,17(11,15)16)7-4-3-5-8(6-7)10(12,13)14/h7-8H,3-6H2,1-2H3. The van der Waals surface area contributed by atoms with Crippen molar-refractivity contribution >= 4 is 19.7 Å². The molecule has 2 nitrogen and oxygen atoms in total. The molecule has 0 heterocycles. The van der Waals surface area contributed by atoms with Crippen LogP contribution in [-0.2, 0) is 9.05 Å². The lowest BCUT2D eigenvalue weighted by Crippen LogP contribution is -2.42. The molecule has 1 rings (SSSR count).